The molecule has 0 radical (unpaired) electrons. The van der Waals surface area contributed by atoms with Crippen LogP contribution in [0.15, 0.2) is 0 Å². The maximum absolute atomic E-state index is 5.76. The first-order chi connectivity index (χ1) is 5.27. The monoisotopic (exact) mass is 154 g/mol. The van der Waals surface area contributed by atoms with Gasteiger partial charge in [0.05, 0.1) is 0 Å². The molecule has 2 rings (SSSR count). The summed E-state index contributed by atoms with van der Waals surface area (Å²) >= 11 is 0. The second kappa shape index (κ2) is 2.76. The summed E-state index contributed by atoms with van der Waals surface area (Å²) in [5, 5.41) is 0. The molecule has 2 heteroatoms. The number of rotatable bonds is 2. The fourth-order valence-corrected chi connectivity index (χ4v) is 2.05. The van der Waals surface area contributed by atoms with E-state index in [-0.39, 0.29) is 0 Å². The Morgan fingerprint density at radius 2 is 2.27 bits per heavy atom. The first-order valence-corrected chi connectivity index (χ1v) is 4.77. The highest BCUT2D eigenvalue weighted by Gasteiger charge is 2.36. The van der Waals surface area contributed by atoms with E-state index in [1.54, 1.807) is 0 Å². The van der Waals surface area contributed by atoms with E-state index in [4.69, 9.17) is 5.73 Å². The Bertz CT molecular complexity index is 146. The maximum atomic E-state index is 5.76. The predicted octanol–water partition coefficient (Wildman–Crippen LogP) is 0.818. The highest BCUT2D eigenvalue weighted by Crippen LogP contribution is 2.31. The van der Waals surface area contributed by atoms with Crippen LogP contribution in [0, 0.1) is 5.92 Å². The van der Waals surface area contributed by atoms with Gasteiger partial charge in [-0.2, -0.15) is 0 Å². The van der Waals surface area contributed by atoms with Crippen LogP contribution in [0.3, 0.4) is 0 Å². The van der Waals surface area contributed by atoms with Crippen molar-refractivity contribution in [2.75, 3.05) is 13.1 Å². The molecule has 0 aromatic carbocycles. The third-order valence-electron chi connectivity index (χ3n) is 3.14. The SMILES string of the molecule is CC1CCCN1C[C@@H]1C[C@H]1N. The van der Waals surface area contributed by atoms with E-state index in [1.165, 1.54) is 32.4 Å². The molecular formula is C9H18N2. The molecule has 1 unspecified atom stereocenters. The summed E-state index contributed by atoms with van der Waals surface area (Å²) in [6, 6.07) is 1.35. The van der Waals surface area contributed by atoms with Crippen molar-refractivity contribution in [2.45, 2.75) is 38.3 Å². The lowest BCUT2D eigenvalue weighted by atomic mass is 10.2. The minimum atomic E-state index is 0.530. The highest BCUT2D eigenvalue weighted by molar-refractivity contribution is 4.93. The number of nitrogens with zero attached hydrogens (tertiary/aromatic N) is 1. The van der Waals surface area contributed by atoms with Gasteiger partial charge in [-0.05, 0) is 38.6 Å². The zero-order valence-electron chi connectivity index (χ0n) is 7.29. The molecule has 2 fully saturated rings. The predicted molar refractivity (Wildman–Crippen MR) is 46.4 cm³/mol. The molecule has 0 spiro atoms. The molecule has 2 N–H and O–H groups in total. The first kappa shape index (κ1) is 7.56. The fourth-order valence-electron chi connectivity index (χ4n) is 2.05. The number of hydrogen-bond donors (Lipinski definition) is 1. The number of nitrogens with two attached hydrogens (primary N) is 1. The van der Waals surface area contributed by atoms with Gasteiger partial charge in [0.2, 0.25) is 0 Å². The molecule has 0 bridgehead atoms. The van der Waals surface area contributed by atoms with Crippen molar-refractivity contribution >= 4 is 0 Å². The van der Waals surface area contributed by atoms with Crippen LogP contribution in [0.2, 0.25) is 0 Å². The summed E-state index contributed by atoms with van der Waals surface area (Å²) in [7, 11) is 0. The van der Waals surface area contributed by atoms with Gasteiger partial charge < -0.3 is 10.6 Å². The Hall–Kier alpha value is -0.0800. The standard InChI is InChI=1S/C9H18N2/c1-7-3-2-4-11(7)6-8-5-9(8)10/h7-9H,2-6,10H2,1H3/t7?,8-,9+/m0/s1. The van der Waals surface area contributed by atoms with E-state index in [0.29, 0.717) is 6.04 Å². The topological polar surface area (TPSA) is 29.3 Å². The second-order valence-corrected chi connectivity index (χ2v) is 4.15. The molecule has 0 aromatic rings. The average Bonchev–Trinajstić information content (AvgIpc) is 2.48. The van der Waals surface area contributed by atoms with Gasteiger partial charge in [0.25, 0.3) is 0 Å². The maximum Gasteiger partial charge on any atom is 0.00836 e. The van der Waals surface area contributed by atoms with Crippen molar-refractivity contribution < 1.29 is 0 Å². The average molecular weight is 154 g/mol. The zero-order chi connectivity index (χ0) is 7.84. The Kier molecular flexibility index (Phi) is 1.90. The molecule has 3 atom stereocenters. The summed E-state index contributed by atoms with van der Waals surface area (Å²) in [4.78, 5) is 2.59. The van der Waals surface area contributed by atoms with Crippen molar-refractivity contribution in [3.63, 3.8) is 0 Å². The minimum Gasteiger partial charge on any atom is -0.327 e. The van der Waals surface area contributed by atoms with Crippen LogP contribution in [0.5, 0.6) is 0 Å². The third kappa shape index (κ3) is 1.57. The van der Waals surface area contributed by atoms with Gasteiger partial charge >= 0.3 is 0 Å². The van der Waals surface area contributed by atoms with E-state index >= 15 is 0 Å². The molecule has 2 aliphatic rings. The molecule has 11 heavy (non-hydrogen) atoms. The molecular weight excluding hydrogens is 136 g/mol. The molecule has 1 saturated heterocycles. The van der Waals surface area contributed by atoms with E-state index in [9.17, 15) is 0 Å². The molecule has 1 saturated carbocycles. The van der Waals surface area contributed by atoms with Gasteiger partial charge in [-0.3, -0.25) is 0 Å². The van der Waals surface area contributed by atoms with Crippen LogP contribution < -0.4 is 5.73 Å². The first-order valence-electron chi connectivity index (χ1n) is 4.77. The van der Waals surface area contributed by atoms with Gasteiger partial charge in [-0.25, -0.2) is 0 Å². The molecule has 0 amide bonds. The Labute approximate surface area is 68.7 Å². The molecule has 1 aliphatic carbocycles. The van der Waals surface area contributed by atoms with Gasteiger partial charge in [-0.1, -0.05) is 0 Å². The van der Waals surface area contributed by atoms with Crippen molar-refractivity contribution in [3.8, 4) is 0 Å². The second-order valence-electron chi connectivity index (χ2n) is 4.15. The Balaban J connectivity index is 1.77. The summed E-state index contributed by atoms with van der Waals surface area (Å²) in [6.45, 7) is 4.91. The largest absolute Gasteiger partial charge is 0.327 e. The van der Waals surface area contributed by atoms with E-state index in [0.717, 1.165) is 12.0 Å². The summed E-state index contributed by atoms with van der Waals surface area (Å²) in [6.07, 6.45) is 4.05. The van der Waals surface area contributed by atoms with Crippen molar-refractivity contribution in [3.05, 3.63) is 0 Å². The van der Waals surface area contributed by atoms with Crippen LogP contribution in [-0.4, -0.2) is 30.1 Å². The zero-order valence-corrected chi connectivity index (χ0v) is 7.29. The quantitative estimate of drug-likeness (QED) is 0.638. The third-order valence-corrected chi connectivity index (χ3v) is 3.14. The van der Waals surface area contributed by atoms with Crippen molar-refractivity contribution in [1.29, 1.82) is 0 Å². The normalized spacial score (nSPS) is 44.7. The Morgan fingerprint density at radius 3 is 2.73 bits per heavy atom. The lowest BCUT2D eigenvalue weighted by molar-refractivity contribution is 0.256. The molecule has 0 aromatic heterocycles. The van der Waals surface area contributed by atoms with E-state index in [1.807, 2.05) is 0 Å². The highest BCUT2D eigenvalue weighted by atomic mass is 15.2. The molecule has 2 nitrogen and oxygen atoms in total. The van der Waals surface area contributed by atoms with Crippen LogP contribution in [-0.2, 0) is 0 Å². The smallest absolute Gasteiger partial charge is 0.00836 e. The van der Waals surface area contributed by atoms with Gasteiger partial charge in [0.1, 0.15) is 0 Å². The summed E-state index contributed by atoms with van der Waals surface area (Å²) in [5.74, 6) is 0.829. The summed E-state index contributed by atoms with van der Waals surface area (Å²) < 4.78 is 0. The van der Waals surface area contributed by atoms with Crippen LogP contribution >= 0.6 is 0 Å². The van der Waals surface area contributed by atoms with Crippen LogP contribution in [0.4, 0.5) is 0 Å². The van der Waals surface area contributed by atoms with Gasteiger partial charge in [0, 0.05) is 18.6 Å². The molecule has 1 aliphatic heterocycles. The molecule has 64 valence electrons. The van der Waals surface area contributed by atoms with Crippen LogP contribution in [0.25, 0.3) is 0 Å². The summed E-state index contributed by atoms with van der Waals surface area (Å²) in [5.41, 5.74) is 5.76. The van der Waals surface area contributed by atoms with Crippen molar-refractivity contribution in [2.24, 2.45) is 11.7 Å². The Morgan fingerprint density at radius 1 is 1.55 bits per heavy atom. The van der Waals surface area contributed by atoms with Gasteiger partial charge in [-0.15, -0.1) is 0 Å². The number of hydrogen-bond acceptors (Lipinski definition) is 2. The fraction of sp³-hybridized carbons (Fsp3) is 1.00. The number of likely N-dealkylation sites (tertiary alicyclic amines) is 1. The van der Waals surface area contributed by atoms with Crippen LogP contribution in [0.1, 0.15) is 26.2 Å². The lowest BCUT2D eigenvalue weighted by Gasteiger charge is -2.20. The van der Waals surface area contributed by atoms with E-state index < -0.39 is 0 Å². The minimum absolute atomic E-state index is 0.530. The van der Waals surface area contributed by atoms with E-state index in [2.05, 4.69) is 11.8 Å². The lowest BCUT2D eigenvalue weighted by Crippen LogP contribution is -2.30. The van der Waals surface area contributed by atoms with Gasteiger partial charge in [0.15, 0.2) is 0 Å². The molecule has 1 heterocycles. The van der Waals surface area contributed by atoms with Crippen molar-refractivity contribution in [1.82, 2.24) is 4.90 Å².